The molecule has 0 radical (unpaired) electrons. The molecule has 2 heterocycles. The second-order valence-electron chi connectivity index (χ2n) is 4.93. The molecule has 6 nitrogen and oxygen atoms in total. The van der Waals surface area contributed by atoms with Crippen molar-refractivity contribution in [2.45, 2.75) is 0 Å². The zero-order valence-corrected chi connectivity index (χ0v) is 13.0. The Hall–Kier alpha value is -2.05. The van der Waals surface area contributed by atoms with E-state index in [1.165, 1.54) is 0 Å². The van der Waals surface area contributed by atoms with Gasteiger partial charge in [0.1, 0.15) is 11.6 Å². The third kappa shape index (κ3) is 3.08. The maximum atomic E-state index is 6.18. The van der Waals surface area contributed by atoms with E-state index >= 15 is 0 Å². The average Bonchev–Trinajstić information content (AvgIpc) is 2.55. The van der Waals surface area contributed by atoms with Gasteiger partial charge in [-0.25, -0.2) is 4.98 Å². The third-order valence-electron chi connectivity index (χ3n) is 3.48. The van der Waals surface area contributed by atoms with Crippen molar-refractivity contribution in [3.8, 4) is 17.0 Å². The van der Waals surface area contributed by atoms with Crippen molar-refractivity contribution >= 4 is 23.4 Å². The molecule has 116 valence electrons. The van der Waals surface area contributed by atoms with Crippen LogP contribution in [0.5, 0.6) is 5.75 Å². The van der Waals surface area contributed by atoms with Crippen LogP contribution in [0.4, 0.5) is 11.8 Å². The number of nitrogens with two attached hydrogens (primary N) is 1. The number of nitrogens with zero attached hydrogens (tertiary/aromatic N) is 3. The first-order valence-corrected chi connectivity index (χ1v) is 7.36. The third-order valence-corrected chi connectivity index (χ3v) is 3.77. The Morgan fingerprint density at radius 3 is 2.68 bits per heavy atom. The molecule has 1 saturated heterocycles. The minimum Gasteiger partial charge on any atom is -0.495 e. The zero-order valence-electron chi connectivity index (χ0n) is 12.3. The molecule has 0 atom stereocenters. The molecule has 1 aromatic carbocycles. The van der Waals surface area contributed by atoms with Crippen LogP contribution in [0.1, 0.15) is 0 Å². The first kappa shape index (κ1) is 14.9. The van der Waals surface area contributed by atoms with Gasteiger partial charge in [0.15, 0.2) is 0 Å². The summed E-state index contributed by atoms with van der Waals surface area (Å²) in [4.78, 5) is 11.0. The Labute approximate surface area is 133 Å². The highest BCUT2D eigenvalue weighted by atomic mass is 35.5. The Balaban J connectivity index is 1.96. The van der Waals surface area contributed by atoms with E-state index in [-0.39, 0.29) is 0 Å². The van der Waals surface area contributed by atoms with Crippen LogP contribution in [-0.4, -0.2) is 43.4 Å². The summed E-state index contributed by atoms with van der Waals surface area (Å²) in [5.41, 5.74) is 7.54. The molecule has 0 saturated carbocycles. The van der Waals surface area contributed by atoms with Crippen molar-refractivity contribution in [3.63, 3.8) is 0 Å². The van der Waals surface area contributed by atoms with E-state index in [0.717, 1.165) is 24.3 Å². The monoisotopic (exact) mass is 320 g/mol. The van der Waals surface area contributed by atoms with E-state index in [0.29, 0.717) is 35.8 Å². The van der Waals surface area contributed by atoms with Crippen molar-refractivity contribution in [3.05, 3.63) is 29.3 Å². The highest BCUT2D eigenvalue weighted by Crippen LogP contribution is 2.30. The lowest BCUT2D eigenvalue weighted by Crippen LogP contribution is -2.37. The van der Waals surface area contributed by atoms with Crippen LogP contribution in [0.25, 0.3) is 11.3 Å². The second-order valence-corrected chi connectivity index (χ2v) is 5.33. The maximum Gasteiger partial charge on any atom is 0.228 e. The SMILES string of the molecule is COc1ccc(-c2cc(N)nc(N3CCOCC3)n2)cc1Cl. The summed E-state index contributed by atoms with van der Waals surface area (Å²) < 4.78 is 10.5. The molecule has 7 heteroatoms. The van der Waals surface area contributed by atoms with Gasteiger partial charge in [-0.3, -0.25) is 0 Å². The molecule has 3 rings (SSSR count). The molecule has 0 unspecified atom stereocenters. The first-order valence-electron chi connectivity index (χ1n) is 6.98. The number of morpholine rings is 1. The average molecular weight is 321 g/mol. The summed E-state index contributed by atoms with van der Waals surface area (Å²) in [6.07, 6.45) is 0. The molecular formula is C15H17ClN4O2. The number of nitrogen functional groups attached to an aromatic ring is 1. The van der Waals surface area contributed by atoms with E-state index in [4.69, 9.17) is 26.8 Å². The number of ether oxygens (including phenoxy) is 2. The van der Waals surface area contributed by atoms with Gasteiger partial charge in [0.05, 0.1) is 31.0 Å². The highest BCUT2D eigenvalue weighted by Gasteiger charge is 2.16. The molecule has 0 amide bonds. The lowest BCUT2D eigenvalue weighted by Gasteiger charge is -2.27. The quantitative estimate of drug-likeness (QED) is 0.935. The number of aromatic nitrogens is 2. The minimum absolute atomic E-state index is 0.429. The number of anilines is 2. The van der Waals surface area contributed by atoms with Gasteiger partial charge < -0.3 is 20.1 Å². The molecule has 1 aromatic heterocycles. The van der Waals surface area contributed by atoms with Gasteiger partial charge in [-0.05, 0) is 18.2 Å². The zero-order chi connectivity index (χ0) is 15.5. The molecule has 2 aromatic rings. The Morgan fingerprint density at radius 1 is 1.23 bits per heavy atom. The Bertz CT molecular complexity index is 675. The predicted octanol–water partition coefficient (Wildman–Crippen LogP) is 2.22. The van der Waals surface area contributed by atoms with Gasteiger partial charge >= 0.3 is 0 Å². The van der Waals surface area contributed by atoms with E-state index in [9.17, 15) is 0 Å². The lowest BCUT2D eigenvalue weighted by atomic mass is 10.1. The molecule has 1 aliphatic rings. The van der Waals surface area contributed by atoms with Crippen molar-refractivity contribution < 1.29 is 9.47 Å². The largest absolute Gasteiger partial charge is 0.495 e. The van der Waals surface area contributed by atoms with Crippen molar-refractivity contribution in [2.75, 3.05) is 44.0 Å². The van der Waals surface area contributed by atoms with E-state index in [1.54, 1.807) is 13.2 Å². The van der Waals surface area contributed by atoms with Crippen LogP contribution in [0.15, 0.2) is 24.3 Å². The summed E-state index contributed by atoms with van der Waals surface area (Å²) in [5, 5.41) is 0.533. The number of halogens is 1. The summed E-state index contributed by atoms with van der Waals surface area (Å²) in [5.74, 6) is 1.67. The van der Waals surface area contributed by atoms with E-state index in [2.05, 4.69) is 14.9 Å². The topological polar surface area (TPSA) is 73.5 Å². The van der Waals surface area contributed by atoms with Gasteiger partial charge in [-0.2, -0.15) is 4.98 Å². The van der Waals surface area contributed by atoms with Crippen LogP contribution in [-0.2, 0) is 4.74 Å². The van der Waals surface area contributed by atoms with Crippen LogP contribution >= 0.6 is 11.6 Å². The summed E-state index contributed by atoms with van der Waals surface area (Å²) in [6.45, 7) is 2.85. The summed E-state index contributed by atoms with van der Waals surface area (Å²) >= 11 is 6.18. The van der Waals surface area contributed by atoms with E-state index in [1.807, 2.05) is 18.2 Å². The molecule has 0 aliphatic carbocycles. The molecule has 22 heavy (non-hydrogen) atoms. The summed E-state index contributed by atoms with van der Waals surface area (Å²) in [7, 11) is 1.58. The van der Waals surface area contributed by atoms with Crippen LogP contribution < -0.4 is 15.4 Å². The fraction of sp³-hybridized carbons (Fsp3) is 0.333. The summed E-state index contributed by atoms with van der Waals surface area (Å²) in [6, 6.07) is 7.26. The molecule has 0 spiro atoms. The first-order chi connectivity index (χ1) is 10.7. The Kier molecular flexibility index (Phi) is 4.31. The Morgan fingerprint density at radius 2 is 2.00 bits per heavy atom. The van der Waals surface area contributed by atoms with Crippen LogP contribution in [0.2, 0.25) is 5.02 Å². The van der Waals surface area contributed by atoms with Crippen molar-refractivity contribution in [1.29, 1.82) is 0 Å². The van der Waals surface area contributed by atoms with Crippen molar-refractivity contribution in [1.82, 2.24) is 9.97 Å². The van der Waals surface area contributed by atoms with Crippen LogP contribution in [0.3, 0.4) is 0 Å². The fourth-order valence-corrected chi connectivity index (χ4v) is 2.59. The normalized spacial score (nSPS) is 14.9. The van der Waals surface area contributed by atoms with Gasteiger partial charge in [0, 0.05) is 24.7 Å². The number of methoxy groups -OCH3 is 1. The molecule has 1 fully saturated rings. The number of rotatable bonds is 3. The standard InChI is InChI=1S/C15H17ClN4O2/c1-21-13-3-2-10(8-11(13)16)12-9-14(17)19-15(18-12)20-4-6-22-7-5-20/h2-3,8-9H,4-7H2,1H3,(H2,17,18,19). The molecular weight excluding hydrogens is 304 g/mol. The number of hydrogen-bond acceptors (Lipinski definition) is 6. The number of hydrogen-bond donors (Lipinski definition) is 1. The van der Waals surface area contributed by atoms with Crippen molar-refractivity contribution in [2.24, 2.45) is 0 Å². The maximum absolute atomic E-state index is 6.18. The van der Waals surface area contributed by atoms with Crippen LogP contribution in [0, 0.1) is 0 Å². The molecule has 2 N–H and O–H groups in total. The smallest absolute Gasteiger partial charge is 0.228 e. The minimum atomic E-state index is 0.429. The highest BCUT2D eigenvalue weighted by molar-refractivity contribution is 6.32. The van der Waals surface area contributed by atoms with Gasteiger partial charge in [-0.15, -0.1) is 0 Å². The molecule has 0 bridgehead atoms. The second kappa shape index (κ2) is 6.37. The number of benzene rings is 1. The van der Waals surface area contributed by atoms with Gasteiger partial charge in [-0.1, -0.05) is 11.6 Å². The van der Waals surface area contributed by atoms with Gasteiger partial charge in [0.25, 0.3) is 0 Å². The lowest BCUT2D eigenvalue weighted by molar-refractivity contribution is 0.122. The van der Waals surface area contributed by atoms with Gasteiger partial charge in [0.2, 0.25) is 5.95 Å². The van der Waals surface area contributed by atoms with E-state index < -0.39 is 0 Å². The molecule has 1 aliphatic heterocycles. The predicted molar refractivity (Wildman–Crippen MR) is 86.5 cm³/mol. The fourth-order valence-electron chi connectivity index (χ4n) is 2.33.